The lowest BCUT2D eigenvalue weighted by Crippen LogP contribution is -2.45. The molecule has 0 atom stereocenters. The van der Waals surface area contributed by atoms with Crippen molar-refractivity contribution in [3.05, 3.63) is 28.8 Å². The molecule has 2 saturated heterocycles. The van der Waals surface area contributed by atoms with Crippen molar-refractivity contribution in [1.82, 2.24) is 9.21 Å². The van der Waals surface area contributed by atoms with Gasteiger partial charge in [-0.25, -0.2) is 8.42 Å². The van der Waals surface area contributed by atoms with Gasteiger partial charge in [-0.2, -0.15) is 4.31 Å². The Morgan fingerprint density at radius 1 is 0.923 bits per heavy atom. The van der Waals surface area contributed by atoms with Crippen molar-refractivity contribution in [2.24, 2.45) is 5.92 Å². The second-order valence-corrected chi connectivity index (χ2v) is 9.67. The molecule has 2 aliphatic heterocycles. The third kappa shape index (κ3) is 3.81. The molecule has 6 heteroatoms. The SMILES string of the molecule is Cc1cc(C)c(S(=O)(=O)N2CCC(C(=O)N3CCCCC3)CC2)c(C)c1. The molecule has 5 nitrogen and oxygen atoms in total. The average molecular weight is 379 g/mol. The van der Waals surface area contributed by atoms with E-state index in [-0.39, 0.29) is 11.8 Å². The number of sulfonamides is 1. The van der Waals surface area contributed by atoms with E-state index in [1.807, 2.05) is 37.8 Å². The van der Waals surface area contributed by atoms with Crippen LogP contribution >= 0.6 is 0 Å². The number of likely N-dealkylation sites (tertiary alicyclic amines) is 1. The van der Waals surface area contributed by atoms with E-state index in [1.165, 1.54) is 6.42 Å². The van der Waals surface area contributed by atoms with Crippen LogP contribution in [0.3, 0.4) is 0 Å². The van der Waals surface area contributed by atoms with Gasteiger partial charge in [-0.1, -0.05) is 17.7 Å². The first-order valence-electron chi connectivity index (χ1n) is 9.67. The van der Waals surface area contributed by atoms with Crippen LogP contribution < -0.4 is 0 Å². The summed E-state index contributed by atoms with van der Waals surface area (Å²) < 4.78 is 27.9. The summed E-state index contributed by atoms with van der Waals surface area (Å²) >= 11 is 0. The summed E-state index contributed by atoms with van der Waals surface area (Å²) in [6, 6.07) is 3.85. The van der Waals surface area contributed by atoms with Gasteiger partial charge >= 0.3 is 0 Å². The van der Waals surface area contributed by atoms with E-state index in [0.717, 1.165) is 42.6 Å². The Labute approximate surface area is 157 Å². The molecule has 0 N–H and O–H groups in total. The van der Waals surface area contributed by atoms with E-state index in [0.29, 0.717) is 30.8 Å². The average Bonchev–Trinajstić information content (AvgIpc) is 2.61. The first-order chi connectivity index (χ1) is 12.3. The first kappa shape index (κ1) is 19.4. The molecule has 0 aliphatic carbocycles. The summed E-state index contributed by atoms with van der Waals surface area (Å²) in [5.74, 6) is 0.198. The molecule has 2 heterocycles. The van der Waals surface area contributed by atoms with Crippen molar-refractivity contribution in [3.63, 3.8) is 0 Å². The number of piperidine rings is 2. The van der Waals surface area contributed by atoms with Crippen molar-refractivity contribution < 1.29 is 13.2 Å². The number of aryl methyl sites for hydroxylation is 3. The van der Waals surface area contributed by atoms with Crippen LogP contribution in [0.15, 0.2) is 17.0 Å². The third-order valence-corrected chi connectivity index (χ3v) is 7.88. The van der Waals surface area contributed by atoms with Gasteiger partial charge < -0.3 is 4.90 Å². The predicted molar refractivity (Wildman–Crippen MR) is 103 cm³/mol. The summed E-state index contributed by atoms with van der Waals surface area (Å²) in [5, 5.41) is 0. The van der Waals surface area contributed by atoms with E-state index in [2.05, 4.69) is 0 Å². The zero-order valence-corrected chi connectivity index (χ0v) is 16.9. The summed E-state index contributed by atoms with van der Waals surface area (Å²) in [6.45, 7) is 8.28. The minimum Gasteiger partial charge on any atom is -0.342 e. The fraction of sp³-hybridized carbons (Fsp3) is 0.650. The van der Waals surface area contributed by atoms with Gasteiger partial charge in [0.25, 0.3) is 0 Å². The number of rotatable bonds is 3. The smallest absolute Gasteiger partial charge is 0.243 e. The van der Waals surface area contributed by atoms with Gasteiger partial charge in [-0.3, -0.25) is 4.79 Å². The van der Waals surface area contributed by atoms with Gasteiger partial charge in [0.1, 0.15) is 0 Å². The maximum atomic E-state index is 13.1. The lowest BCUT2D eigenvalue weighted by molar-refractivity contribution is -0.137. The summed E-state index contributed by atoms with van der Waals surface area (Å²) in [4.78, 5) is 15.1. The largest absolute Gasteiger partial charge is 0.342 e. The molecule has 3 rings (SSSR count). The molecule has 0 spiro atoms. The molecule has 144 valence electrons. The lowest BCUT2D eigenvalue weighted by Gasteiger charge is -2.35. The quantitative estimate of drug-likeness (QED) is 0.812. The Hall–Kier alpha value is -1.40. The molecule has 1 amide bonds. The molecule has 2 aliphatic rings. The normalized spacial score (nSPS) is 20.3. The Bertz CT molecular complexity index is 751. The van der Waals surface area contributed by atoms with E-state index in [4.69, 9.17) is 0 Å². The minimum atomic E-state index is -3.51. The van der Waals surface area contributed by atoms with E-state index >= 15 is 0 Å². The highest BCUT2D eigenvalue weighted by molar-refractivity contribution is 7.89. The number of hydrogen-bond donors (Lipinski definition) is 0. The Morgan fingerprint density at radius 3 is 2.00 bits per heavy atom. The van der Waals surface area contributed by atoms with E-state index < -0.39 is 10.0 Å². The topological polar surface area (TPSA) is 57.7 Å². The third-order valence-electron chi connectivity index (χ3n) is 5.67. The van der Waals surface area contributed by atoms with Crippen LogP contribution in [-0.4, -0.2) is 49.7 Å². The van der Waals surface area contributed by atoms with Crippen LogP contribution in [0, 0.1) is 26.7 Å². The van der Waals surface area contributed by atoms with Crippen LogP contribution in [-0.2, 0) is 14.8 Å². The number of hydrogen-bond acceptors (Lipinski definition) is 3. The number of carbonyl (C=O) groups excluding carboxylic acids is 1. The van der Waals surface area contributed by atoms with Crippen molar-refractivity contribution in [3.8, 4) is 0 Å². The van der Waals surface area contributed by atoms with Crippen molar-refractivity contribution in [2.75, 3.05) is 26.2 Å². The molecule has 1 aromatic rings. The fourth-order valence-corrected chi connectivity index (χ4v) is 6.30. The van der Waals surface area contributed by atoms with E-state index in [9.17, 15) is 13.2 Å². The second kappa shape index (κ2) is 7.69. The summed E-state index contributed by atoms with van der Waals surface area (Å²) in [7, 11) is -3.51. The molecule has 0 aromatic heterocycles. The zero-order chi connectivity index (χ0) is 18.9. The molecule has 26 heavy (non-hydrogen) atoms. The van der Waals surface area contributed by atoms with Gasteiger partial charge in [0, 0.05) is 32.1 Å². The summed E-state index contributed by atoms with van der Waals surface area (Å²) in [6.07, 6.45) is 4.63. The molecule has 0 saturated carbocycles. The van der Waals surface area contributed by atoms with Crippen LogP contribution in [0.2, 0.25) is 0 Å². The number of benzene rings is 1. The van der Waals surface area contributed by atoms with Crippen LogP contribution in [0.25, 0.3) is 0 Å². The first-order valence-corrected chi connectivity index (χ1v) is 11.1. The Kier molecular flexibility index (Phi) is 5.72. The standard InChI is InChI=1S/C20H30N2O3S/c1-15-13-16(2)19(17(3)14-15)26(24,25)22-11-7-18(8-12-22)20(23)21-9-5-4-6-10-21/h13-14,18H,4-12H2,1-3H3. The molecule has 0 unspecified atom stereocenters. The van der Waals surface area contributed by atoms with Crippen molar-refractivity contribution >= 4 is 15.9 Å². The highest BCUT2D eigenvalue weighted by Crippen LogP contribution is 2.29. The van der Waals surface area contributed by atoms with Gasteiger partial charge in [0.15, 0.2) is 0 Å². The van der Waals surface area contributed by atoms with Crippen molar-refractivity contribution in [1.29, 1.82) is 0 Å². The monoisotopic (exact) mass is 378 g/mol. The molecular formula is C20H30N2O3S. The Morgan fingerprint density at radius 2 is 1.46 bits per heavy atom. The van der Waals surface area contributed by atoms with Gasteiger partial charge in [0.2, 0.25) is 15.9 Å². The predicted octanol–water partition coefficient (Wildman–Crippen LogP) is 3.03. The summed E-state index contributed by atoms with van der Waals surface area (Å²) in [5.41, 5.74) is 2.67. The zero-order valence-electron chi connectivity index (χ0n) is 16.1. The fourth-order valence-electron chi connectivity index (χ4n) is 4.42. The van der Waals surface area contributed by atoms with Gasteiger partial charge in [-0.15, -0.1) is 0 Å². The Balaban J connectivity index is 1.70. The number of amides is 1. The van der Waals surface area contributed by atoms with Crippen LogP contribution in [0.1, 0.15) is 48.8 Å². The van der Waals surface area contributed by atoms with Crippen LogP contribution in [0.5, 0.6) is 0 Å². The lowest BCUT2D eigenvalue weighted by atomic mass is 9.95. The molecule has 2 fully saturated rings. The van der Waals surface area contributed by atoms with E-state index in [1.54, 1.807) is 4.31 Å². The maximum absolute atomic E-state index is 13.1. The van der Waals surface area contributed by atoms with Gasteiger partial charge in [0.05, 0.1) is 4.90 Å². The molecule has 0 radical (unpaired) electrons. The maximum Gasteiger partial charge on any atom is 0.243 e. The molecular weight excluding hydrogens is 348 g/mol. The highest BCUT2D eigenvalue weighted by atomic mass is 32.2. The number of carbonyl (C=O) groups is 1. The molecule has 0 bridgehead atoms. The highest BCUT2D eigenvalue weighted by Gasteiger charge is 2.35. The minimum absolute atomic E-state index is 0.0280. The molecule has 1 aromatic carbocycles. The number of nitrogens with zero attached hydrogens (tertiary/aromatic N) is 2. The second-order valence-electron chi connectivity index (χ2n) is 7.79. The van der Waals surface area contributed by atoms with Crippen LogP contribution in [0.4, 0.5) is 0 Å². The van der Waals surface area contributed by atoms with Gasteiger partial charge in [-0.05, 0) is 64.0 Å². The van der Waals surface area contributed by atoms with Crippen molar-refractivity contribution in [2.45, 2.75) is 57.8 Å².